The highest BCUT2D eigenvalue weighted by Gasteiger charge is 2.38. The van der Waals surface area contributed by atoms with Crippen LogP contribution < -0.4 is 22.4 Å². The Hall–Kier alpha value is -3.57. The van der Waals surface area contributed by atoms with Crippen LogP contribution in [0, 0.1) is 6.92 Å². The Labute approximate surface area is 162 Å². The van der Waals surface area contributed by atoms with E-state index in [2.05, 4.69) is 10.3 Å². The Morgan fingerprint density at radius 3 is 2.41 bits per heavy atom. The van der Waals surface area contributed by atoms with E-state index in [4.69, 9.17) is 25.8 Å². The Balaban J connectivity index is 0.000000516. The molecule has 0 aliphatic heterocycles. The summed E-state index contributed by atoms with van der Waals surface area (Å²) >= 11 is 0. The van der Waals surface area contributed by atoms with Crippen LogP contribution in [0.4, 0.5) is 18.9 Å². The van der Waals surface area contributed by atoms with E-state index >= 15 is 0 Å². The van der Waals surface area contributed by atoms with E-state index < -0.39 is 17.8 Å². The molecule has 2 rings (SSSR count). The summed E-state index contributed by atoms with van der Waals surface area (Å²) in [6.45, 7) is 2.24. The molecule has 158 valence electrons. The van der Waals surface area contributed by atoms with Crippen molar-refractivity contribution in [2.45, 2.75) is 25.9 Å². The number of hydrogen-bond acceptors (Lipinski definition) is 5. The van der Waals surface area contributed by atoms with Crippen molar-refractivity contribution < 1.29 is 32.3 Å². The second-order valence-electron chi connectivity index (χ2n) is 5.72. The average Bonchev–Trinajstić information content (AvgIpc) is 2.57. The van der Waals surface area contributed by atoms with Crippen LogP contribution in [-0.4, -0.2) is 35.7 Å². The van der Waals surface area contributed by atoms with Crippen molar-refractivity contribution in [3.63, 3.8) is 0 Å². The molecular weight excluding hydrogens is 397 g/mol. The fourth-order valence-corrected chi connectivity index (χ4v) is 2.07. The number of amides is 1. The Kier molecular flexibility index (Phi) is 8.18. The number of hydrogen-bond donors (Lipinski definition) is 4. The molecule has 0 saturated heterocycles. The van der Waals surface area contributed by atoms with E-state index in [9.17, 15) is 22.8 Å². The van der Waals surface area contributed by atoms with Gasteiger partial charge in [0.15, 0.2) is 5.96 Å². The van der Waals surface area contributed by atoms with E-state index in [1.807, 2.05) is 13.0 Å². The molecule has 0 spiro atoms. The number of fused-ring (bicyclic) bond motifs is 1. The average molecular weight is 416 g/mol. The van der Waals surface area contributed by atoms with Crippen LogP contribution in [0.2, 0.25) is 0 Å². The van der Waals surface area contributed by atoms with Crippen LogP contribution in [0.15, 0.2) is 38.5 Å². The summed E-state index contributed by atoms with van der Waals surface area (Å²) in [5, 5.41) is 10.7. The molecule has 0 aliphatic carbocycles. The molecule has 1 aromatic carbocycles. The summed E-state index contributed by atoms with van der Waals surface area (Å²) in [7, 11) is 0. The molecule has 2 aromatic rings. The van der Waals surface area contributed by atoms with Crippen molar-refractivity contribution in [1.29, 1.82) is 0 Å². The third-order valence-electron chi connectivity index (χ3n) is 3.33. The van der Waals surface area contributed by atoms with Gasteiger partial charge in [0.1, 0.15) is 5.58 Å². The van der Waals surface area contributed by atoms with Gasteiger partial charge in [-0.15, -0.1) is 0 Å². The summed E-state index contributed by atoms with van der Waals surface area (Å²) in [5.41, 5.74) is 11.9. The molecule has 29 heavy (non-hydrogen) atoms. The molecule has 6 N–H and O–H groups in total. The number of alkyl halides is 3. The molecule has 1 aromatic heterocycles. The fourth-order valence-electron chi connectivity index (χ4n) is 2.07. The van der Waals surface area contributed by atoms with Gasteiger partial charge in [-0.25, -0.2) is 9.59 Å². The highest BCUT2D eigenvalue weighted by molar-refractivity contribution is 5.93. The van der Waals surface area contributed by atoms with Crippen molar-refractivity contribution >= 4 is 34.5 Å². The van der Waals surface area contributed by atoms with Gasteiger partial charge in [0.05, 0.1) is 0 Å². The van der Waals surface area contributed by atoms with Gasteiger partial charge in [-0.2, -0.15) is 13.2 Å². The first-order valence-corrected chi connectivity index (χ1v) is 8.10. The van der Waals surface area contributed by atoms with Crippen molar-refractivity contribution in [2.24, 2.45) is 16.5 Å². The SMILES string of the molecule is Cc1cc(=O)oc2cc(NC(=O)CCCN=C(N)N)ccc12.O=C(O)C(F)(F)F. The smallest absolute Gasteiger partial charge is 0.475 e. The second kappa shape index (κ2) is 10.1. The standard InChI is InChI=1S/C15H18N4O3.C2HF3O2/c1-9-7-14(21)22-12-8-10(4-5-11(9)12)19-13(20)3-2-6-18-15(16)17;3-2(4,5)1(6)7/h4-5,7-8H,2-3,6H2,1H3,(H,19,20)(H4,16,17,18);(H,6,7). The van der Waals surface area contributed by atoms with Crippen LogP contribution >= 0.6 is 0 Å². The number of guanidine groups is 1. The second-order valence-corrected chi connectivity index (χ2v) is 5.72. The van der Waals surface area contributed by atoms with E-state index in [1.54, 1.807) is 12.1 Å². The lowest BCUT2D eigenvalue weighted by atomic mass is 10.1. The van der Waals surface area contributed by atoms with E-state index in [0.717, 1.165) is 10.9 Å². The number of aliphatic carboxylic acids is 1. The van der Waals surface area contributed by atoms with Crippen LogP contribution in [-0.2, 0) is 9.59 Å². The summed E-state index contributed by atoms with van der Waals surface area (Å²) in [6.07, 6.45) is -4.24. The zero-order valence-corrected chi connectivity index (χ0v) is 15.2. The van der Waals surface area contributed by atoms with Crippen LogP contribution in [0.25, 0.3) is 11.0 Å². The molecule has 0 saturated carbocycles. The third kappa shape index (κ3) is 8.32. The minimum Gasteiger partial charge on any atom is -0.475 e. The summed E-state index contributed by atoms with van der Waals surface area (Å²) < 4.78 is 36.9. The minimum atomic E-state index is -5.08. The van der Waals surface area contributed by atoms with Crippen molar-refractivity contribution in [3.8, 4) is 0 Å². The van der Waals surface area contributed by atoms with Crippen LogP contribution in [0.1, 0.15) is 18.4 Å². The number of carboxylic acids is 1. The number of aliphatic imine (C=N–C) groups is 1. The number of nitrogens with one attached hydrogen (secondary N) is 1. The number of anilines is 1. The van der Waals surface area contributed by atoms with Crippen molar-refractivity contribution in [1.82, 2.24) is 0 Å². The van der Waals surface area contributed by atoms with Gasteiger partial charge in [-0.05, 0) is 31.0 Å². The van der Waals surface area contributed by atoms with Crippen molar-refractivity contribution in [3.05, 3.63) is 40.2 Å². The normalized spacial score (nSPS) is 10.6. The number of halogens is 3. The number of aryl methyl sites for hydroxylation is 1. The highest BCUT2D eigenvalue weighted by atomic mass is 19.4. The molecule has 0 unspecified atom stereocenters. The Morgan fingerprint density at radius 2 is 1.86 bits per heavy atom. The van der Waals surface area contributed by atoms with Gasteiger partial charge in [0, 0.05) is 36.2 Å². The quantitative estimate of drug-likeness (QED) is 0.250. The number of carbonyl (C=O) groups is 2. The van der Waals surface area contributed by atoms with Crippen LogP contribution in [0.3, 0.4) is 0 Å². The van der Waals surface area contributed by atoms with Gasteiger partial charge in [0.2, 0.25) is 5.91 Å². The van der Waals surface area contributed by atoms with E-state index in [-0.39, 0.29) is 11.9 Å². The molecule has 0 radical (unpaired) electrons. The largest absolute Gasteiger partial charge is 0.490 e. The molecule has 0 fully saturated rings. The Morgan fingerprint density at radius 1 is 1.24 bits per heavy atom. The van der Waals surface area contributed by atoms with Gasteiger partial charge in [0.25, 0.3) is 0 Å². The summed E-state index contributed by atoms with van der Waals surface area (Å²) in [6, 6.07) is 6.65. The number of nitrogens with two attached hydrogens (primary N) is 2. The molecule has 1 heterocycles. The number of benzene rings is 1. The molecule has 0 atom stereocenters. The first-order chi connectivity index (χ1) is 13.4. The molecule has 9 nitrogen and oxygen atoms in total. The maximum atomic E-state index is 11.8. The predicted molar refractivity (Wildman–Crippen MR) is 99.5 cm³/mol. The van der Waals surface area contributed by atoms with Gasteiger partial charge >= 0.3 is 17.8 Å². The number of nitrogens with zero attached hydrogens (tertiary/aromatic N) is 1. The van der Waals surface area contributed by atoms with E-state index in [1.165, 1.54) is 6.07 Å². The number of carboxylic acid groups (broad SMARTS) is 1. The first-order valence-electron chi connectivity index (χ1n) is 8.10. The van der Waals surface area contributed by atoms with Gasteiger partial charge in [-0.3, -0.25) is 9.79 Å². The molecule has 12 heteroatoms. The number of carbonyl (C=O) groups excluding carboxylic acids is 1. The fraction of sp³-hybridized carbons (Fsp3) is 0.294. The maximum absolute atomic E-state index is 11.8. The van der Waals surface area contributed by atoms with Gasteiger partial charge < -0.3 is 26.3 Å². The van der Waals surface area contributed by atoms with Crippen molar-refractivity contribution in [2.75, 3.05) is 11.9 Å². The Bertz CT molecular complexity index is 966. The van der Waals surface area contributed by atoms with E-state index in [0.29, 0.717) is 30.7 Å². The maximum Gasteiger partial charge on any atom is 0.490 e. The molecule has 1 amide bonds. The molecular formula is C17H19F3N4O5. The molecule has 0 bridgehead atoms. The van der Waals surface area contributed by atoms with Gasteiger partial charge in [-0.1, -0.05) is 0 Å². The summed E-state index contributed by atoms with van der Waals surface area (Å²) in [5.74, 6) is -2.90. The lowest BCUT2D eigenvalue weighted by Gasteiger charge is -2.06. The minimum absolute atomic E-state index is 0.0142. The monoisotopic (exact) mass is 416 g/mol. The zero-order valence-electron chi connectivity index (χ0n) is 15.2. The first kappa shape index (κ1) is 23.5. The summed E-state index contributed by atoms with van der Waals surface area (Å²) in [4.78, 5) is 35.9. The highest BCUT2D eigenvalue weighted by Crippen LogP contribution is 2.20. The lowest BCUT2D eigenvalue weighted by Crippen LogP contribution is -2.23. The van der Waals surface area contributed by atoms with Crippen LogP contribution in [0.5, 0.6) is 0 Å². The number of rotatable bonds is 5. The third-order valence-corrected chi connectivity index (χ3v) is 3.33. The lowest BCUT2D eigenvalue weighted by molar-refractivity contribution is -0.192. The predicted octanol–water partition coefficient (Wildman–Crippen LogP) is 1.73. The molecule has 0 aliphatic rings. The topological polar surface area (TPSA) is 161 Å². The zero-order chi connectivity index (χ0) is 22.2.